The lowest BCUT2D eigenvalue weighted by Gasteiger charge is -2.10. The van der Waals surface area contributed by atoms with Crippen LogP contribution in [0.5, 0.6) is 5.75 Å². The Bertz CT molecular complexity index is 393. The summed E-state index contributed by atoms with van der Waals surface area (Å²) >= 11 is 0. The second kappa shape index (κ2) is 7.55. The molecule has 0 unspecified atom stereocenters. The quantitative estimate of drug-likeness (QED) is 0.456. The van der Waals surface area contributed by atoms with Crippen molar-refractivity contribution in [2.45, 2.75) is 13.3 Å². The second-order valence-corrected chi connectivity index (χ2v) is 3.65. The van der Waals surface area contributed by atoms with Crippen molar-refractivity contribution in [3.05, 3.63) is 23.8 Å². The summed E-state index contributed by atoms with van der Waals surface area (Å²) in [6, 6.07) is 4.90. The smallest absolute Gasteiger partial charge is 0.341 e. The molecule has 0 saturated heterocycles. The maximum absolute atomic E-state index is 11.5. The molecule has 0 aliphatic rings. The maximum Gasteiger partial charge on any atom is 0.341 e. The number of anilines is 1. The van der Waals surface area contributed by atoms with Crippen LogP contribution in [-0.2, 0) is 9.47 Å². The summed E-state index contributed by atoms with van der Waals surface area (Å²) in [7, 11) is 1.32. The Kier molecular flexibility index (Phi) is 6.00. The zero-order chi connectivity index (χ0) is 13.4. The molecule has 0 spiro atoms. The van der Waals surface area contributed by atoms with E-state index < -0.39 is 5.97 Å². The summed E-state index contributed by atoms with van der Waals surface area (Å²) in [5, 5.41) is 0. The molecule has 18 heavy (non-hydrogen) atoms. The van der Waals surface area contributed by atoms with Crippen molar-refractivity contribution in [3.63, 3.8) is 0 Å². The van der Waals surface area contributed by atoms with Crippen LogP contribution >= 0.6 is 0 Å². The van der Waals surface area contributed by atoms with Gasteiger partial charge in [0.2, 0.25) is 0 Å². The molecule has 0 bridgehead atoms. The summed E-state index contributed by atoms with van der Waals surface area (Å²) in [5.74, 6) is 0.0228. The van der Waals surface area contributed by atoms with E-state index in [-0.39, 0.29) is 0 Å². The molecule has 0 fully saturated rings. The van der Waals surface area contributed by atoms with Gasteiger partial charge in [0.05, 0.1) is 13.7 Å². The summed E-state index contributed by atoms with van der Waals surface area (Å²) in [4.78, 5) is 11.5. The van der Waals surface area contributed by atoms with Gasteiger partial charge in [-0.1, -0.05) is 0 Å². The SMILES string of the molecule is CCOCCCOc1ccc(N)cc1C(=O)OC. The number of nitrogens with two attached hydrogens (primary N) is 1. The highest BCUT2D eigenvalue weighted by Crippen LogP contribution is 2.22. The lowest BCUT2D eigenvalue weighted by atomic mass is 10.2. The largest absolute Gasteiger partial charge is 0.493 e. The van der Waals surface area contributed by atoms with E-state index in [1.54, 1.807) is 18.2 Å². The van der Waals surface area contributed by atoms with E-state index in [0.717, 1.165) is 6.42 Å². The minimum absolute atomic E-state index is 0.342. The molecule has 0 heterocycles. The molecule has 0 aromatic heterocycles. The van der Waals surface area contributed by atoms with Gasteiger partial charge in [-0.25, -0.2) is 4.79 Å². The van der Waals surface area contributed by atoms with Gasteiger partial charge in [0.25, 0.3) is 0 Å². The second-order valence-electron chi connectivity index (χ2n) is 3.65. The first-order valence-corrected chi connectivity index (χ1v) is 5.87. The predicted octanol–water partition coefficient (Wildman–Crippen LogP) is 1.86. The van der Waals surface area contributed by atoms with Crippen LogP contribution in [0.4, 0.5) is 5.69 Å². The van der Waals surface area contributed by atoms with Crippen LogP contribution in [0.15, 0.2) is 18.2 Å². The maximum atomic E-state index is 11.5. The Labute approximate surface area is 107 Å². The molecule has 5 heteroatoms. The number of benzene rings is 1. The van der Waals surface area contributed by atoms with E-state index in [1.807, 2.05) is 6.92 Å². The van der Waals surface area contributed by atoms with E-state index in [4.69, 9.17) is 15.2 Å². The number of ether oxygens (including phenoxy) is 3. The fourth-order valence-corrected chi connectivity index (χ4v) is 1.43. The van der Waals surface area contributed by atoms with Crippen molar-refractivity contribution >= 4 is 11.7 Å². The summed E-state index contributed by atoms with van der Waals surface area (Å²) < 4.78 is 15.4. The first-order valence-electron chi connectivity index (χ1n) is 5.87. The summed E-state index contributed by atoms with van der Waals surface area (Å²) in [6.07, 6.45) is 0.763. The van der Waals surface area contributed by atoms with Gasteiger partial charge in [-0.05, 0) is 25.1 Å². The highest BCUT2D eigenvalue weighted by molar-refractivity contribution is 5.93. The summed E-state index contributed by atoms with van der Waals surface area (Å²) in [6.45, 7) is 3.75. The van der Waals surface area contributed by atoms with Crippen LogP contribution in [0.1, 0.15) is 23.7 Å². The molecule has 0 aliphatic carbocycles. The van der Waals surface area contributed by atoms with E-state index in [2.05, 4.69) is 4.74 Å². The summed E-state index contributed by atoms with van der Waals surface area (Å²) in [5.41, 5.74) is 6.47. The van der Waals surface area contributed by atoms with Crippen molar-refractivity contribution in [1.29, 1.82) is 0 Å². The fourth-order valence-electron chi connectivity index (χ4n) is 1.43. The number of methoxy groups -OCH3 is 1. The van der Waals surface area contributed by atoms with Gasteiger partial charge in [0.15, 0.2) is 0 Å². The number of carbonyl (C=O) groups excluding carboxylic acids is 1. The number of hydrogen-bond donors (Lipinski definition) is 1. The normalized spacial score (nSPS) is 10.1. The Balaban J connectivity index is 2.61. The third kappa shape index (κ3) is 4.25. The number of nitrogen functional groups attached to an aromatic ring is 1. The molecule has 1 aromatic carbocycles. The minimum Gasteiger partial charge on any atom is -0.493 e. The zero-order valence-corrected chi connectivity index (χ0v) is 10.8. The van der Waals surface area contributed by atoms with Crippen molar-refractivity contribution in [3.8, 4) is 5.75 Å². The average molecular weight is 253 g/mol. The minimum atomic E-state index is -0.456. The van der Waals surface area contributed by atoms with Gasteiger partial charge in [-0.3, -0.25) is 0 Å². The fraction of sp³-hybridized carbons (Fsp3) is 0.462. The number of esters is 1. The molecule has 1 rings (SSSR count). The van der Waals surface area contributed by atoms with Gasteiger partial charge >= 0.3 is 5.97 Å². The highest BCUT2D eigenvalue weighted by Gasteiger charge is 2.13. The molecular weight excluding hydrogens is 234 g/mol. The van der Waals surface area contributed by atoms with Gasteiger partial charge in [-0.2, -0.15) is 0 Å². The average Bonchev–Trinajstić information content (AvgIpc) is 2.39. The van der Waals surface area contributed by atoms with Gasteiger partial charge < -0.3 is 19.9 Å². The number of rotatable bonds is 7. The van der Waals surface area contributed by atoms with Crippen LogP contribution < -0.4 is 10.5 Å². The van der Waals surface area contributed by atoms with E-state index in [9.17, 15) is 4.79 Å². The van der Waals surface area contributed by atoms with Crippen LogP contribution in [0, 0.1) is 0 Å². The first kappa shape index (κ1) is 14.3. The van der Waals surface area contributed by atoms with Crippen LogP contribution in [-0.4, -0.2) is 32.9 Å². The van der Waals surface area contributed by atoms with Crippen molar-refractivity contribution in [2.75, 3.05) is 32.7 Å². The number of carbonyl (C=O) groups is 1. The molecule has 0 aliphatic heterocycles. The topological polar surface area (TPSA) is 70.8 Å². The lowest BCUT2D eigenvalue weighted by molar-refractivity contribution is 0.0595. The van der Waals surface area contributed by atoms with Crippen molar-refractivity contribution < 1.29 is 19.0 Å². The van der Waals surface area contributed by atoms with Crippen molar-refractivity contribution in [1.82, 2.24) is 0 Å². The Hall–Kier alpha value is -1.75. The van der Waals surface area contributed by atoms with Crippen LogP contribution in [0.2, 0.25) is 0 Å². The Morgan fingerprint density at radius 2 is 2.11 bits per heavy atom. The third-order valence-corrected chi connectivity index (χ3v) is 2.30. The van der Waals surface area contributed by atoms with E-state index in [0.29, 0.717) is 36.8 Å². The first-order chi connectivity index (χ1) is 8.69. The molecule has 0 saturated carbocycles. The molecule has 1 aromatic rings. The van der Waals surface area contributed by atoms with Gasteiger partial charge in [-0.15, -0.1) is 0 Å². The molecule has 0 amide bonds. The number of hydrogen-bond acceptors (Lipinski definition) is 5. The Morgan fingerprint density at radius 3 is 2.78 bits per heavy atom. The standard InChI is InChI=1S/C13H19NO4/c1-3-17-7-4-8-18-12-6-5-10(14)9-11(12)13(15)16-2/h5-6,9H,3-4,7-8,14H2,1-2H3. The molecule has 0 atom stereocenters. The molecular formula is C13H19NO4. The lowest BCUT2D eigenvalue weighted by Crippen LogP contribution is -2.08. The molecule has 5 nitrogen and oxygen atoms in total. The van der Waals surface area contributed by atoms with Crippen LogP contribution in [0.3, 0.4) is 0 Å². The van der Waals surface area contributed by atoms with Gasteiger partial charge in [0.1, 0.15) is 11.3 Å². The predicted molar refractivity (Wildman–Crippen MR) is 68.8 cm³/mol. The van der Waals surface area contributed by atoms with Crippen LogP contribution in [0.25, 0.3) is 0 Å². The highest BCUT2D eigenvalue weighted by atomic mass is 16.5. The van der Waals surface area contributed by atoms with Crippen molar-refractivity contribution in [2.24, 2.45) is 0 Å². The molecule has 2 N–H and O–H groups in total. The molecule has 100 valence electrons. The molecule has 0 radical (unpaired) electrons. The monoisotopic (exact) mass is 253 g/mol. The zero-order valence-electron chi connectivity index (χ0n) is 10.8. The Morgan fingerprint density at radius 1 is 1.33 bits per heavy atom. The van der Waals surface area contributed by atoms with Gasteiger partial charge in [0, 0.05) is 25.3 Å². The van der Waals surface area contributed by atoms with E-state index >= 15 is 0 Å². The van der Waals surface area contributed by atoms with E-state index in [1.165, 1.54) is 7.11 Å². The third-order valence-electron chi connectivity index (χ3n) is 2.30.